The predicted octanol–water partition coefficient (Wildman–Crippen LogP) is 1.09. The molecular formula is C9H10N4O2S2. The Kier molecular flexibility index (Phi) is 2.81. The monoisotopic (exact) mass is 270 g/mol. The number of anilines is 1. The van der Waals surface area contributed by atoms with E-state index in [2.05, 4.69) is 15.0 Å². The van der Waals surface area contributed by atoms with E-state index in [-0.39, 0.29) is 16.2 Å². The van der Waals surface area contributed by atoms with Crippen molar-refractivity contribution in [2.24, 2.45) is 4.99 Å². The predicted molar refractivity (Wildman–Crippen MR) is 65.5 cm³/mol. The van der Waals surface area contributed by atoms with E-state index >= 15 is 0 Å². The minimum Gasteiger partial charge on any atom is -0.324 e. The van der Waals surface area contributed by atoms with Crippen molar-refractivity contribution < 1.29 is 8.42 Å². The van der Waals surface area contributed by atoms with Crippen LogP contribution in [0.5, 0.6) is 0 Å². The lowest BCUT2D eigenvalue weighted by molar-refractivity contribution is 0.593. The van der Waals surface area contributed by atoms with Gasteiger partial charge in [-0.05, 0) is 19.9 Å². The molecule has 0 saturated carbocycles. The third-order valence-corrected chi connectivity index (χ3v) is 4.84. The number of rotatable bonds is 1. The average molecular weight is 270 g/mol. The largest absolute Gasteiger partial charge is 0.324 e. The van der Waals surface area contributed by atoms with Crippen LogP contribution in [0.1, 0.15) is 18.7 Å². The topological polar surface area (TPSA) is 94.3 Å². The van der Waals surface area contributed by atoms with Crippen LogP contribution in [0.3, 0.4) is 0 Å². The van der Waals surface area contributed by atoms with Crippen molar-refractivity contribution in [2.75, 3.05) is 5.32 Å². The molecule has 90 valence electrons. The van der Waals surface area contributed by atoms with Crippen LogP contribution in [-0.2, 0) is 10.0 Å². The summed E-state index contributed by atoms with van der Waals surface area (Å²) in [5.41, 5.74) is 0.407. The molecule has 1 aromatic heterocycles. The zero-order chi connectivity index (χ0) is 12.6. The molecule has 0 spiro atoms. The molecular weight excluding hydrogens is 260 g/mol. The number of hydrogen-bond acceptors (Lipinski definition) is 5. The summed E-state index contributed by atoms with van der Waals surface area (Å²) in [7, 11) is -3.60. The minimum absolute atomic E-state index is 0.0316. The number of nitrogens with zero attached hydrogens (tertiary/aromatic N) is 2. The van der Waals surface area contributed by atoms with Crippen molar-refractivity contribution >= 4 is 33.0 Å². The van der Waals surface area contributed by atoms with Crippen molar-refractivity contribution in [3.05, 3.63) is 10.9 Å². The molecule has 0 saturated heterocycles. The first-order valence-electron chi connectivity index (χ1n) is 4.84. The fourth-order valence-electron chi connectivity index (χ4n) is 1.36. The Bertz CT molecular complexity index is 622. The SMILES string of the molecule is CC(C)N=C1Nc2cc(C#N)sc2S(=O)(=O)N1. The molecule has 1 aliphatic heterocycles. The van der Waals surface area contributed by atoms with Gasteiger partial charge in [-0.15, -0.1) is 11.3 Å². The van der Waals surface area contributed by atoms with Gasteiger partial charge < -0.3 is 5.32 Å². The van der Waals surface area contributed by atoms with Crippen molar-refractivity contribution in [3.63, 3.8) is 0 Å². The van der Waals surface area contributed by atoms with Gasteiger partial charge in [0.05, 0.1) is 5.69 Å². The number of thiophene rings is 1. The lowest BCUT2D eigenvalue weighted by atomic mass is 10.4. The summed E-state index contributed by atoms with van der Waals surface area (Å²) in [6.07, 6.45) is 0. The van der Waals surface area contributed by atoms with Crippen molar-refractivity contribution in [2.45, 2.75) is 24.1 Å². The highest BCUT2D eigenvalue weighted by atomic mass is 32.2. The molecule has 0 atom stereocenters. The standard InChI is InChI=1S/C9H10N4O2S2/c1-5(2)11-9-12-7-3-6(4-10)16-8(7)17(14,15)13-9/h3,5H,1-2H3,(H2,11,12,13). The molecule has 2 rings (SSSR count). The van der Waals surface area contributed by atoms with Gasteiger partial charge in [0.15, 0.2) is 4.21 Å². The summed E-state index contributed by atoms with van der Waals surface area (Å²) in [5.74, 6) is 0.190. The van der Waals surface area contributed by atoms with Gasteiger partial charge in [0.25, 0.3) is 10.0 Å². The van der Waals surface area contributed by atoms with E-state index in [1.807, 2.05) is 19.9 Å². The van der Waals surface area contributed by atoms with Crippen LogP contribution in [0.25, 0.3) is 0 Å². The van der Waals surface area contributed by atoms with E-state index in [9.17, 15) is 8.42 Å². The smallest absolute Gasteiger partial charge is 0.275 e. The summed E-state index contributed by atoms with van der Waals surface area (Å²) in [5, 5.41) is 11.6. The Morgan fingerprint density at radius 1 is 1.53 bits per heavy atom. The fourth-order valence-corrected chi connectivity index (χ4v) is 3.69. The van der Waals surface area contributed by atoms with Crippen LogP contribution in [-0.4, -0.2) is 20.4 Å². The van der Waals surface area contributed by atoms with E-state index in [4.69, 9.17) is 5.26 Å². The molecule has 0 radical (unpaired) electrons. The highest BCUT2D eigenvalue weighted by molar-refractivity contribution is 7.92. The summed E-state index contributed by atoms with van der Waals surface area (Å²) in [6, 6.07) is 3.40. The van der Waals surface area contributed by atoms with Crippen molar-refractivity contribution in [1.29, 1.82) is 5.26 Å². The lowest BCUT2D eigenvalue weighted by Crippen LogP contribution is -2.40. The number of sulfonamides is 1. The van der Waals surface area contributed by atoms with Crippen molar-refractivity contribution in [1.82, 2.24) is 4.72 Å². The maximum Gasteiger partial charge on any atom is 0.275 e. The molecule has 17 heavy (non-hydrogen) atoms. The second kappa shape index (κ2) is 4.01. The first-order valence-corrected chi connectivity index (χ1v) is 7.14. The Morgan fingerprint density at radius 3 is 2.82 bits per heavy atom. The van der Waals surface area contributed by atoms with Crippen molar-refractivity contribution in [3.8, 4) is 6.07 Å². The second-order valence-electron chi connectivity index (χ2n) is 3.73. The van der Waals surface area contributed by atoms with Gasteiger partial charge in [0, 0.05) is 6.04 Å². The third-order valence-electron chi connectivity index (χ3n) is 1.92. The van der Waals surface area contributed by atoms with Gasteiger partial charge in [-0.2, -0.15) is 5.26 Å². The zero-order valence-corrected chi connectivity index (χ0v) is 10.8. The summed E-state index contributed by atoms with van der Waals surface area (Å²) >= 11 is 0.934. The van der Waals surface area contributed by atoms with E-state index in [0.717, 1.165) is 11.3 Å². The number of nitriles is 1. The zero-order valence-electron chi connectivity index (χ0n) is 9.18. The highest BCUT2D eigenvalue weighted by Gasteiger charge is 2.29. The van der Waals surface area contributed by atoms with Gasteiger partial charge >= 0.3 is 0 Å². The molecule has 0 fully saturated rings. The molecule has 1 aliphatic rings. The third kappa shape index (κ3) is 2.25. The molecule has 1 aromatic rings. The van der Waals surface area contributed by atoms with Crippen LogP contribution >= 0.6 is 11.3 Å². The number of hydrogen-bond donors (Lipinski definition) is 2. The van der Waals surface area contributed by atoms with Gasteiger partial charge in [0.2, 0.25) is 5.96 Å². The molecule has 2 heterocycles. The summed E-state index contributed by atoms with van der Waals surface area (Å²) in [4.78, 5) is 4.45. The maximum atomic E-state index is 11.9. The Balaban J connectivity index is 2.51. The van der Waals surface area contributed by atoms with Crippen LogP contribution in [0.4, 0.5) is 5.69 Å². The Hall–Kier alpha value is -1.59. The number of aliphatic imine (C=N–C) groups is 1. The van der Waals surface area contributed by atoms with Gasteiger partial charge in [-0.25, -0.2) is 18.1 Å². The Morgan fingerprint density at radius 2 is 2.24 bits per heavy atom. The van der Waals surface area contributed by atoms with E-state index in [1.165, 1.54) is 6.07 Å². The van der Waals surface area contributed by atoms with Gasteiger partial charge in [-0.1, -0.05) is 0 Å². The van der Waals surface area contributed by atoms with E-state index < -0.39 is 10.0 Å². The molecule has 8 heteroatoms. The number of nitrogens with one attached hydrogen (secondary N) is 2. The van der Waals surface area contributed by atoms with E-state index in [1.54, 1.807) is 0 Å². The molecule has 6 nitrogen and oxygen atoms in total. The summed E-state index contributed by atoms with van der Waals surface area (Å²) in [6.45, 7) is 3.68. The average Bonchev–Trinajstić information content (AvgIpc) is 2.59. The lowest BCUT2D eigenvalue weighted by Gasteiger charge is -2.18. The van der Waals surface area contributed by atoms with Crippen LogP contribution in [0, 0.1) is 11.3 Å². The van der Waals surface area contributed by atoms with Crippen LogP contribution in [0.2, 0.25) is 0 Å². The van der Waals surface area contributed by atoms with E-state index in [0.29, 0.717) is 10.6 Å². The summed E-state index contributed by atoms with van der Waals surface area (Å²) < 4.78 is 26.2. The molecule has 0 aromatic carbocycles. The first kappa shape index (κ1) is 11.9. The quantitative estimate of drug-likeness (QED) is 0.798. The van der Waals surface area contributed by atoms with Gasteiger partial charge in [0.1, 0.15) is 10.9 Å². The number of fused-ring (bicyclic) bond motifs is 1. The Labute approximate surface area is 103 Å². The maximum absolute atomic E-state index is 11.9. The molecule has 2 N–H and O–H groups in total. The van der Waals surface area contributed by atoms with Crippen LogP contribution < -0.4 is 10.0 Å². The molecule has 0 aliphatic carbocycles. The van der Waals surface area contributed by atoms with Gasteiger partial charge in [-0.3, -0.25) is 0 Å². The fraction of sp³-hybridized carbons (Fsp3) is 0.333. The van der Waals surface area contributed by atoms with Crippen LogP contribution in [0.15, 0.2) is 15.3 Å². The number of guanidine groups is 1. The highest BCUT2D eigenvalue weighted by Crippen LogP contribution is 2.33. The molecule has 0 amide bonds. The molecule has 0 unspecified atom stereocenters. The molecule has 0 bridgehead atoms. The second-order valence-corrected chi connectivity index (χ2v) is 6.66. The minimum atomic E-state index is -3.60. The normalized spacial score (nSPS) is 19.3. The first-order chi connectivity index (χ1) is 7.92.